The van der Waals surface area contributed by atoms with Crippen molar-refractivity contribution in [2.24, 2.45) is 0 Å². The molecule has 4 rings (SSSR count). The number of hydrogen-bond acceptors (Lipinski definition) is 9. The summed E-state index contributed by atoms with van der Waals surface area (Å²) in [4.78, 5) is 6.70. The minimum Gasteiger partial charge on any atom is -0.480 e. The zero-order valence-electron chi connectivity index (χ0n) is 21.3. The number of pyridine rings is 1. The van der Waals surface area contributed by atoms with Crippen LogP contribution in [0.15, 0.2) is 24.3 Å². The Kier molecular flexibility index (Phi) is 7.72. The SMILES string of the molecule is COc1nc2c(C)nnc(N[C@H](C)c3cccc(C(F)(F)CO)c3F)c2cc1N1C[C@H](OC)[C@H](OC)C1. The molecule has 2 aromatic heterocycles. The maximum absolute atomic E-state index is 15.1. The second-order valence-electron chi connectivity index (χ2n) is 8.94. The van der Waals surface area contributed by atoms with Crippen LogP contribution in [0.5, 0.6) is 5.88 Å². The number of rotatable bonds is 9. The Morgan fingerprint density at radius 3 is 2.43 bits per heavy atom. The third-order valence-corrected chi connectivity index (χ3v) is 6.66. The lowest BCUT2D eigenvalue weighted by atomic mass is 10.00. The van der Waals surface area contributed by atoms with Gasteiger partial charge in [0, 0.05) is 38.3 Å². The van der Waals surface area contributed by atoms with E-state index in [1.165, 1.54) is 19.2 Å². The van der Waals surface area contributed by atoms with Gasteiger partial charge in [-0.25, -0.2) is 9.37 Å². The summed E-state index contributed by atoms with van der Waals surface area (Å²) in [6.07, 6.45) is -0.291. The monoisotopic (exact) mass is 521 g/mol. The standard InChI is InChI=1S/C25H30F3N5O4/c1-13(15-7-6-8-17(21(15)26)25(27,28)12-34)29-23-16-9-18(33-10-19(35-3)20(11-33)36-4)24(37-5)30-22(16)14(2)31-32-23/h6-9,13,19-20,34H,10-12H2,1-5H3,(H,29,32)/t13-,19-,20+/m1/s1. The lowest BCUT2D eigenvalue weighted by Gasteiger charge is -2.23. The van der Waals surface area contributed by atoms with Crippen LogP contribution in [-0.4, -0.2) is 73.5 Å². The van der Waals surface area contributed by atoms with Gasteiger partial charge in [-0.2, -0.15) is 13.9 Å². The van der Waals surface area contributed by atoms with Crippen LogP contribution in [0, 0.1) is 12.7 Å². The number of hydrogen-bond donors (Lipinski definition) is 2. The van der Waals surface area contributed by atoms with Crippen LogP contribution >= 0.6 is 0 Å². The number of benzene rings is 1. The quantitative estimate of drug-likeness (QED) is 0.437. The Hall–Kier alpha value is -3.22. The van der Waals surface area contributed by atoms with Crippen molar-refractivity contribution >= 4 is 22.4 Å². The van der Waals surface area contributed by atoms with Gasteiger partial charge in [-0.05, 0) is 26.0 Å². The van der Waals surface area contributed by atoms with E-state index in [4.69, 9.17) is 19.3 Å². The Labute approximate surface area is 212 Å². The van der Waals surface area contributed by atoms with Gasteiger partial charge in [0.15, 0.2) is 5.82 Å². The molecular weight excluding hydrogens is 491 g/mol. The number of nitrogens with one attached hydrogen (secondary N) is 1. The predicted molar refractivity (Wildman–Crippen MR) is 132 cm³/mol. The number of aromatic nitrogens is 3. The molecule has 1 aromatic carbocycles. The van der Waals surface area contributed by atoms with E-state index in [2.05, 4.69) is 20.5 Å². The predicted octanol–water partition coefficient (Wildman–Crippen LogP) is 3.59. The summed E-state index contributed by atoms with van der Waals surface area (Å²) in [6, 6.07) is 4.78. The summed E-state index contributed by atoms with van der Waals surface area (Å²) in [5.41, 5.74) is 0.893. The Morgan fingerprint density at radius 2 is 1.84 bits per heavy atom. The lowest BCUT2D eigenvalue weighted by molar-refractivity contribution is -0.0583. The molecule has 0 radical (unpaired) electrons. The van der Waals surface area contributed by atoms with E-state index in [0.29, 0.717) is 47.1 Å². The van der Waals surface area contributed by atoms with Gasteiger partial charge in [-0.15, -0.1) is 5.10 Å². The van der Waals surface area contributed by atoms with E-state index < -0.39 is 30.0 Å². The van der Waals surface area contributed by atoms with Gasteiger partial charge in [0.05, 0.1) is 24.4 Å². The van der Waals surface area contributed by atoms with Gasteiger partial charge >= 0.3 is 0 Å². The van der Waals surface area contributed by atoms with Gasteiger partial charge < -0.3 is 29.5 Å². The first-order valence-electron chi connectivity index (χ1n) is 11.7. The first-order chi connectivity index (χ1) is 17.6. The maximum atomic E-state index is 15.1. The molecule has 9 nitrogen and oxygen atoms in total. The van der Waals surface area contributed by atoms with Gasteiger partial charge in [-0.1, -0.05) is 12.1 Å². The van der Waals surface area contributed by atoms with Crippen LogP contribution in [0.2, 0.25) is 0 Å². The minimum absolute atomic E-state index is 0.00624. The van der Waals surface area contributed by atoms with Crippen molar-refractivity contribution < 1.29 is 32.5 Å². The molecule has 1 fully saturated rings. The summed E-state index contributed by atoms with van der Waals surface area (Å²) >= 11 is 0. The number of ether oxygens (including phenoxy) is 3. The van der Waals surface area contributed by atoms with Crippen molar-refractivity contribution in [3.63, 3.8) is 0 Å². The van der Waals surface area contributed by atoms with Crippen LogP contribution in [0.1, 0.15) is 29.8 Å². The molecule has 1 aliphatic heterocycles. The molecule has 12 heteroatoms. The van der Waals surface area contributed by atoms with Crippen molar-refractivity contribution in [1.82, 2.24) is 15.2 Å². The molecule has 0 amide bonds. The summed E-state index contributed by atoms with van der Waals surface area (Å²) in [6.45, 7) is 2.98. The Balaban J connectivity index is 1.75. The molecule has 2 N–H and O–H groups in total. The fourth-order valence-corrected chi connectivity index (χ4v) is 4.58. The normalized spacial score (nSPS) is 18.9. The zero-order chi connectivity index (χ0) is 26.9. The maximum Gasteiger partial charge on any atom is 0.298 e. The van der Waals surface area contributed by atoms with Crippen LogP contribution < -0.4 is 15.0 Å². The van der Waals surface area contributed by atoms with E-state index in [0.717, 1.165) is 6.07 Å². The van der Waals surface area contributed by atoms with E-state index in [1.54, 1.807) is 28.1 Å². The summed E-state index contributed by atoms with van der Waals surface area (Å²) < 4.78 is 59.9. The number of aliphatic hydroxyl groups is 1. The topological polar surface area (TPSA) is 102 Å². The smallest absolute Gasteiger partial charge is 0.298 e. The Morgan fingerprint density at radius 1 is 1.16 bits per heavy atom. The highest BCUT2D eigenvalue weighted by molar-refractivity contribution is 5.93. The van der Waals surface area contributed by atoms with Crippen LogP contribution in [-0.2, 0) is 15.4 Å². The van der Waals surface area contributed by atoms with E-state index in [1.807, 2.05) is 11.0 Å². The van der Waals surface area contributed by atoms with Gasteiger partial charge in [-0.3, -0.25) is 0 Å². The average Bonchev–Trinajstić information content (AvgIpc) is 3.33. The van der Waals surface area contributed by atoms with Gasteiger partial charge in [0.2, 0.25) is 5.88 Å². The van der Waals surface area contributed by atoms with Gasteiger partial charge in [0.1, 0.15) is 35.8 Å². The van der Waals surface area contributed by atoms with E-state index >= 15 is 4.39 Å². The Bertz CT molecular complexity index is 1270. The lowest BCUT2D eigenvalue weighted by Crippen LogP contribution is -2.27. The molecule has 3 heterocycles. The molecule has 0 saturated carbocycles. The highest BCUT2D eigenvalue weighted by atomic mass is 19.3. The molecule has 0 bridgehead atoms. The van der Waals surface area contributed by atoms with Crippen molar-refractivity contribution in [2.75, 3.05) is 51.2 Å². The molecule has 0 aliphatic carbocycles. The zero-order valence-corrected chi connectivity index (χ0v) is 21.3. The molecule has 3 atom stereocenters. The third-order valence-electron chi connectivity index (χ3n) is 6.66. The molecule has 37 heavy (non-hydrogen) atoms. The van der Waals surface area contributed by atoms with Gasteiger partial charge in [0.25, 0.3) is 5.92 Å². The summed E-state index contributed by atoms with van der Waals surface area (Å²) in [5.74, 6) is -4.12. The second-order valence-corrected chi connectivity index (χ2v) is 8.94. The average molecular weight is 522 g/mol. The molecule has 3 aromatic rings. The van der Waals surface area contributed by atoms with Crippen molar-refractivity contribution in [2.45, 2.75) is 38.0 Å². The fraction of sp³-hybridized carbons (Fsp3) is 0.480. The van der Waals surface area contributed by atoms with E-state index in [9.17, 15) is 8.78 Å². The molecular formula is C25H30F3N5O4. The second kappa shape index (κ2) is 10.6. The summed E-state index contributed by atoms with van der Waals surface area (Å²) in [7, 11) is 4.78. The number of nitrogens with zero attached hydrogens (tertiary/aromatic N) is 4. The number of anilines is 2. The summed E-state index contributed by atoms with van der Waals surface area (Å²) in [5, 5.41) is 21.1. The van der Waals surface area contributed by atoms with E-state index in [-0.39, 0.29) is 17.8 Å². The minimum atomic E-state index is -3.71. The van der Waals surface area contributed by atoms with Crippen LogP contribution in [0.3, 0.4) is 0 Å². The van der Waals surface area contributed by atoms with Crippen molar-refractivity contribution in [3.05, 3.63) is 46.9 Å². The molecule has 0 unspecified atom stereocenters. The number of aliphatic hydroxyl groups excluding tert-OH is 1. The number of methoxy groups -OCH3 is 3. The number of alkyl halides is 2. The molecule has 200 valence electrons. The third kappa shape index (κ3) is 5.00. The molecule has 1 aliphatic rings. The van der Waals surface area contributed by atoms with Crippen molar-refractivity contribution in [3.8, 4) is 5.88 Å². The largest absolute Gasteiger partial charge is 0.480 e. The van der Waals surface area contributed by atoms with Crippen LogP contribution in [0.4, 0.5) is 24.7 Å². The first kappa shape index (κ1) is 26.8. The molecule has 1 saturated heterocycles. The highest BCUT2D eigenvalue weighted by Gasteiger charge is 2.36. The van der Waals surface area contributed by atoms with Crippen LogP contribution in [0.25, 0.3) is 10.9 Å². The number of aryl methyl sites for hydroxylation is 1. The molecule has 0 spiro atoms. The first-order valence-corrected chi connectivity index (χ1v) is 11.7. The highest BCUT2D eigenvalue weighted by Crippen LogP contribution is 2.37. The number of halogens is 3. The number of fused-ring (bicyclic) bond motifs is 1. The fourth-order valence-electron chi connectivity index (χ4n) is 4.58. The van der Waals surface area contributed by atoms with Crippen molar-refractivity contribution in [1.29, 1.82) is 0 Å².